The predicted molar refractivity (Wildman–Crippen MR) is 151 cm³/mol. The molecule has 3 aromatic carbocycles. The molecular weight excluding hydrogens is 528 g/mol. The van der Waals surface area contributed by atoms with E-state index in [1.807, 2.05) is 22.9 Å². The Balaban J connectivity index is 1.21. The first-order valence-electron chi connectivity index (χ1n) is 13.0. The number of ether oxygens (including phenoxy) is 2. The summed E-state index contributed by atoms with van der Waals surface area (Å²) in [4.78, 5) is 35.4. The van der Waals surface area contributed by atoms with E-state index in [0.717, 1.165) is 41.3 Å². The van der Waals surface area contributed by atoms with Crippen molar-refractivity contribution in [2.75, 3.05) is 11.9 Å². The molecule has 1 fully saturated rings. The van der Waals surface area contributed by atoms with E-state index in [0.29, 0.717) is 23.6 Å². The van der Waals surface area contributed by atoms with Crippen LogP contribution in [0.3, 0.4) is 0 Å². The number of carbonyl (C=O) groups excluding carboxylic acids is 1. The van der Waals surface area contributed by atoms with Gasteiger partial charge in [0.05, 0.1) is 27.9 Å². The first-order chi connectivity index (χ1) is 20.0. The molecule has 206 valence electrons. The molecule has 2 N–H and O–H groups in total. The fourth-order valence-corrected chi connectivity index (χ4v) is 4.82. The van der Waals surface area contributed by atoms with Crippen LogP contribution in [0.1, 0.15) is 25.5 Å². The number of anilines is 1. The quantitative estimate of drug-likeness (QED) is 0.202. The molecule has 1 atom stereocenters. The van der Waals surface area contributed by atoms with Gasteiger partial charge in [0.1, 0.15) is 5.75 Å². The van der Waals surface area contributed by atoms with Gasteiger partial charge in [-0.15, -0.1) is 0 Å². The zero-order valence-corrected chi connectivity index (χ0v) is 21.6. The number of carbonyl (C=O) groups is 1. The Morgan fingerprint density at radius 3 is 2.61 bits per heavy atom. The number of fused-ring (bicyclic) bond motifs is 1. The molecular formula is C29H24N6O6. The second-order valence-electron chi connectivity index (χ2n) is 9.49. The lowest BCUT2D eigenvalue weighted by molar-refractivity contribution is -0.384. The van der Waals surface area contributed by atoms with Gasteiger partial charge in [0, 0.05) is 35.4 Å². The maximum absolute atomic E-state index is 12.9. The van der Waals surface area contributed by atoms with Crippen molar-refractivity contribution in [3.05, 3.63) is 99.5 Å². The van der Waals surface area contributed by atoms with Crippen LogP contribution in [0.2, 0.25) is 0 Å². The average molecular weight is 553 g/mol. The molecule has 1 unspecified atom stereocenters. The smallest absolute Gasteiger partial charge is 0.410 e. The van der Waals surface area contributed by atoms with Gasteiger partial charge in [-0.2, -0.15) is 10.2 Å². The van der Waals surface area contributed by atoms with Crippen molar-refractivity contribution in [3.8, 4) is 28.1 Å². The summed E-state index contributed by atoms with van der Waals surface area (Å²) in [5.74, 6) is 0.168. The van der Waals surface area contributed by atoms with Crippen LogP contribution in [0.4, 0.5) is 16.2 Å². The number of hydrogen-bond donors (Lipinski definition) is 2. The fraction of sp³-hybridized carbons (Fsp3) is 0.172. The summed E-state index contributed by atoms with van der Waals surface area (Å²) in [5.41, 5.74) is 3.38. The minimum Gasteiger partial charge on any atom is -0.410 e. The molecule has 1 amide bonds. The number of H-pyrrole nitrogens is 1. The molecule has 0 spiro atoms. The van der Waals surface area contributed by atoms with E-state index >= 15 is 0 Å². The molecule has 0 saturated carbocycles. The molecule has 1 aliphatic rings. The molecule has 3 heterocycles. The monoisotopic (exact) mass is 552 g/mol. The Hall–Kier alpha value is -5.36. The number of aromatic amines is 1. The summed E-state index contributed by atoms with van der Waals surface area (Å²) in [7, 11) is 0. The number of nitrogens with zero attached hydrogens (tertiary/aromatic N) is 4. The molecule has 5 aromatic rings. The van der Waals surface area contributed by atoms with E-state index in [1.54, 1.807) is 36.5 Å². The van der Waals surface area contributed by atoms with Gasteiger partial charge in [-0.1, -0.05) is 24.3 Å². The van der Waals surface area contributed by atoms with Gasteiger partial charge in [-0.25, -0.2) is 14.6 Å². The van der Waals surface area contributed by atoms with E-state index in [2.05, 4.69) is 20.6 Å². The van der Waals surface area contributed by atoms with E-state index < -0.39 is 11.0 Å². The van der Waals surface area contributed by atoms with Crippen LogP contribution in [0.15, 0.2) is 83.8 Å². The number of benzene rings is 3. The normalized spacial score (nSPS) is 15.0. The van der Waals surface area contributed by atoms with Crippen molar-refractivity contribution < 1.29 is 19.2 Å². The number of non-ortho nitro benzene ring substituents is 1. The van der Waals surface area contributed by atoms with Gasteiger partial charge < -0.3 is 9.47 Å². The zero-order valence-electron chi connectivity index (χ0n) is 21.6. The maximum Gasteiger partial charge on any atom is 0.417 e. The van der Waals surface area contributed by atoms with Crippen LogP contribution >= 0.6 is 0 Å². The summed E-state index contributed by atoms with van der Waals surface area (Å²) in [6, 6.07) is 19.5. The minimum absolute atomic E-state index is 0.104. The summed E-state index contributed by atoms with van der Waals surface area (Å²) < 4.78 is 13.0. The van der Waals surface area contributed by atoms with Crippen molar-refractivity contribution in [1.29, 1.82) is 0 Å². The highest BCUT2D eigenvalue weighted by Crippen LogP contribution is 2.32. The highest BCUT2D eigenvalue weighted by molar-refractivity contribution is 5.95. The summed E-state index contributed by atoms with van der Waals surface area (Å²) in [6.07, 6.45) is 3.90. The van der Waals surface area contributed by atoms with E-state index in [9.17, 15) is 19.7 Å². The SMILES string of the molecule is O=C(Nc1ccc(-c2cc(-c3cccc4c3cnn4C3CCCCO3)c(=O)[nH]n2)cc1)Oc1ccc([N+](=O)[O-])cc1. The number of amides is 1. The van der Waals surface area contributed by atoms with Gasteiger partial charge in [0.2, 0.25) is 0 Å². The van der Waals surface area contributed by atoms with Gasteiger partial charge in [-0.05, 0) is 61.2 Å². The van der Waals surface area contributed by atoms with Crippen molar-refractivity contribution in [2.45, 2.75) is 25.5 Å². The zero-order chi connectivity index (χ0) is 28.3. The number of nitro benzene ring substituents is 1. The Morgan fingerprint density at radius 1 is 1.07 bits per heavy atom. The number of nitrogens with one attached hydrogen (secondary N) is 2. The Bertz CT molecular complexity index is 1790. The van der Waals surface area contributed by atoms with Crippen molar-refractivity contribution >= 4 is 28.4 Å². The van der Waals surface area contributed by atoms with Crippen molar-refractivity contribution in [1.82, 2.24) is 20.0 Å². The fourth-order valence-electron chi connectivity index (χ4n) is 4.82. The van der Waals surface area contributed by atoms with E-state index in [4.69, 9.17) is 9.47 Å². The van der Waals surface area contributed by atoms with Gasteiger partial charge >= 0.3 is 6.09 Å². The Kier molecular flexibility index (Phi) is 6.96. The second kappa shape index (κ2) is 11.0. The van der Waals surface area contributed by atoms with E-state index in [-0.39, 0.29) is 23.2 Å². The van der Waals surface area contributed by atoms with Crippen molar-refractivity contribution in [2.24, 2.45) is 0 Å². The van der Waals surface area contributed by atoms with Gasteiger partial charge in [-0.3, -0.25) is 20.2 Å². The summed E-state index contributed by atoms with van der Waals surface area (Å²) >= 11 is 0. The van der Waals surface area contributed by atoms with Crippen molar-refractivity contribution in [3.63, 3.8) is 0 Å². The lowest BCUT2D eigenvalue weighted by atomic mass is 10.0. The average Bonchev–Trinajstić information content (AvgIpc) is 3.43. The van der Waals surface area contributed by atoms with Crippen LogP contribution in [-0.2, 0) is 4.74 Å². The lowest BCUT2D eigenvalue weighted by Crippen LogP contribution is -2.18. The molecule has 0 radical (unpaired) electrons. The largest absolute Gasteiger partial charge is 0.417 e. The third-order valence-electron chi connectivity index (χ3n) is 6.85. The lowest BCUT2D eigenvalue weighted by Gasteiger charge is -2.23. The predicted octanol–water partition coefficient (Wildman–Crippen LogP) is 5.67. The molecule has 12 heteroatoms. The highest BCUT2D eigenvalue weighted by Gasteiger charge is 2.20. The first kappa shape index (κ1) is 25.9. The molecule has 0 aliphatic carbocycles. The molecule has 6 rings (SSSR count). The van der Waals surface area contributed by atoms with Crippen LogP contribution in [0.5, 0.6) is 5.75 Å². The Morgan fingerprint density at radius 2 is 1.88 bits per heavy atom. The maximum atomic E-state index is 12.9. The summed E-state index contributed by atoms with van der Waals surface area (Å²) in [6.45, 7) is 0.703. The number of nitro groups is 1. The number of aromatic nitrogens is 4. The third-order valence-corrected chi connectivity index (χ3v) is 6.85. The topological polar surface area (TPSA) is 154 Å². The molecule has 1 saturated heterocycles. The molecule has 1 aliphatic heterocycles. The summed E-state index contributed by atoms with van der Waals surface area (Å²) in [5, 5.41) is 25.6. The molecule has 2 aromatic heterocycles. The van der Waals surface area contributed by atoms with Crippen LogP contribution in [0.25, 0.3) is 33.3 Å². The van der Waals surface area contributed by atoms with Gasteiger partial charge in [0.25, 0.3) is 11.2 Å². The Labute approximate surface area is 232 Å². The number of hydrogen-bond acceptors (Lipinski definition) is 8. The highest BCUT2D eigenvalue weighted by atomic mass is 16.6. The van der Waals surface area contributed by atoms with Crippen LogP contribution in [-0.4, -0.2) is 37.6 Å². The third kappa shape index (κ3) is 5.40. The molecule has 41 heavy (non-hydrogen) atoms. The first-order valence-corrected chi connectivity index (χ1v) is 13.0. The minimum atomic E-state index is -0.747. The van der Waals surface area contributed by atoms with Gasteiger partial charge in [0.15, 0.2) is 6.23 Å². The number of rotatable bonds is 6. The van der Waals surface area contributed by atoms with Crippen LogP contribution < -0.4 is 15.6 Å². The second-order valence-corrected chi connectivity index (χ2v) is 9.49. The molecule has 0 bridgehead atoms. The van der Waals surface area contributed by atoms with E-state index in [1.165, 1.54) is 24.3 Å². The standard InChI is InChI=1S/C29H24N6O6/c36-28-23(22-4-3-5-26-24(22)17-30-34(26)27-6-1-2-15-40-27)16-25(32-33-28)18-7-9-19(10-8-18)31-29(37)41-21-13-11-20(12-14-21)35(38)39/h3-5,7-14,16-17,27H,1-2,6,15H2,(H,31,37)(H,33,36). The van der Waals surface area contributed by atoms with Crippen LogP contribution in [0, 0.1) is 10.1 Å². The molecule has 12 nitrogen and oxygen atoms in total.